The van der Waals surface area contributed by atoms with Gasteiger partial charge in [-0.05, 0) is 30.3 Å². The highest BCUT2D eigenvalue weighted by molar-refractivity contribution is 7.99. The summed E-state index contributed by atoms with van der Waals surface area (Å²) in [7, 11) is 0. The number of aryl methyl sites for hydroxylation is 1. The maximum absolute atomic E-state index is 11.9. The molecule has 1 fully saturated rings. The minimum absolute atomic E-state index is 0.204. The monoisotopic (exact) mass is 287 g/mol. The van der Waals surface area contributed by atoms with Gasteiger partial charge in [0.2, 0.25) is 0 Å². The molecule has 2 heterocycles. The number of hydrogen-bond donors (Lipinski definition) is 1. The average molecular weight is 288 g/mol. The van der Waals surface area contributed by atoms with Gasteiger partial charge in [0.05, 0.1) is 11.9 Å². The van der Waals surface area contributed by atoms with Gasteiger partial charge in [-0.1, -0.05) is 18.5 Å². The van der Waals surface area contributed by atoms with Crippen molar-refractivity contribution in [1.29, 1.82) is 0 Å². The third-order valence-corrected chi connectivity index (χ3v) is 4.62. The van der Waals surface area contributed by atoms with Crippen molar-refractivity contribution in [1.82, 2.24) is 9.78 Å². The lowest BCUT2D eigenvalue weighted by molar-refractivity contribution is 0.567. The molecule has 0 bridgehead atoms. The molecule has 2 rings (SSSR count). The Morgan fingerprint density at radius 1 is 1.67 bits per heavy atom. The van der Waals surface area contributed by atoms with Gasteiger partial charge in [-0.2, -0.15) is 16.9 Å². The van der Waals surface area contributed by atoms with Gasteiger partial charge in [-0.15, -0.1) is 0 Å². The van der Waals surface area contributed by atoms with E-state index in [2.05, 4.69) is 10.4 Å². The van der Waals surface area contributed by atoms with Crippen LogP contribution in [0.1, 0.15) is 19.8 Å². The van der Waals surface area contributed by atoms with Gasteiger partial charge in [0.25, 0.3) is 5.56 Å². The summed E-state index contributed by atoms with van der Waals surface area (Å²) in [5, 5.41) is 7.62. The van der Waals surface area contributed by atoms with E-state index in [0.29, 0.717) is 18.2 Å². The van der Waals surface area contributed by atoms with Crippen LogP contribution in [0.4, 0.5) is 5.69 Å². The predicted molar refractivity (Wildman–Crippen MR) is 77.7 cm³/mol. The van der Waals surface area contributed by atoms with Gasteiger partial charge in [-0.3, -0.25) is 4.79 Å². The summed E-state index contributed by atoms with van der Waals surface area (Å²) in [4.78, 5) is 11.9. The molecule has 0 aliphatic carbocycles. The van der Waals surface area contributed by atoms with Gasteiger partial charge in [-0.25, -0.2) is 4.68 Å². The summed E-state index contributed by atoms with van der Waals surface area (Å²) in [6.45, 7) is 3.48. The molecule has 1 aliphatic heterocycles. The van der Waals surface area contributed by atoms with Crippen LogP contribution in [0, 0.1) is 5.92 Å². The fraction of sp³-hybridized carbons (Fsp3) is 0.667. The second-order valence-electron chi connectivity index (χ2n) is 4.51. The van der Waals surface area contributed by atoms with E-state index >= 15 is 0 Å². The van der Waals surface area contributed by atoms with E-state index in [9.17, 15) is 4.79 Å². The molecule has 100 valence electrons. The van der Waals surface area contributed by atoms with Crippen LogP contribution < -0.4 is 10.9 Å². The highest BCUT2D eigenvalue weighted by Crippen LogP contribution is 2.24. The fourth-order valence-corrected chi connectivity index (χ4v) is 3.46. The number of anilines is 1. The van der Waals surface area contributed by atoms with E-state index in [1.54, 1.807) is 6.20 Å². The van der Waals surface area contributed by atoms with Gasteiger partial charge in [0.1, 0.15) is 5.02 Å². The Kier molecular flexibility index (Phi) is 4.95. The molecule has 1 aromatic heterocycles. The Morgan fingerprint density at radius 2 is 2.50 bits per heavy atom. The van der Waals surface area contributed by atoms with E-state index in [4.69, 9.17) is 11.6 Å². The quantitative estimate of drug-likeness (QED) is 0.904. The number of aromatic nitrogens is 2. The van der Waals surface area contributed by atoms with Crippen LogP contribution in [0.2, 0.25) is 5.02 Å². The molecule has 0 radical (unpaired) electrons. The van der Waals surface area contributed by atoms with Crippen molar-refractivity contribution in [2.45, 2.75) is 26.3 Å². The van der Waals surface area contributed by atoms with Crippen LogP contribution in [0.25, 0.3) is 0 Å². The standard InChI is InChI=1S/C12H18ClN3OS/c1-2-4-16-12(17)11(13)10(7-15-16)14-6-9-3-5-18-8-9/h7,9,14H,2-6,8H2,1H3. The third kappa shape index (κ3) is 3.20. The smallest absolute Gasteiger partial charge is 0.287 e. The normalized spacial score (nSPS) is 19.1. The molecule has 1 saturated heterocycles. The highest BCUT2D eigenvalue weighted by Gasteiger charge is 2.16. The molecule has 18 heavy (non-hydrogen) atoms. The molecule has 1 aliphatic rings. The molecular weight excluding hydrogens is 270 g/mol. The van der Waals surface area contributed by atoms with E-state index in [-0.39, 0.29) is 10.6 Å². The summed E-state index contributed by atoms with van der Waals surface area (Å²) in [5.41, 5.74) is 0.454. The first kappa shape index (κ1) is 13.7. The molecule has 4 nitrogen and oxygen atoms in total. The molecule has 0 saturated carbocycles. The summed E-state index contributed by atoms with van der Waals surface area (Å²) in [6.07, 6.45) is 3.76. The van der Waals surface area contributed by atoms with Crippen LogP contribution in [-0.4, -0.2) is 27.8 Å². The van der Waals surface area contributed by atoms with Crippen LogP contribution in [-0.2, 0) is 6.54 Å². The number of thioether (sulfide) groups is 1. The Balaban J connectivity index is 2.04. The molecule has 1 N–H and O–H groups in total. The van der Waals surface area contributed by atoms with Gasteiger partial charge < -0.3 is 5.32 Å². The van der Waals surface area contributed by atoms with Crippen LogP contribution in [0.15, 0.2) is 11.0 Å². The first-order valence-electron chi connectivity index (χ1n) is 6.29. The zero-order valence-electron chi connectivity index (χ0n) is 10.5. The zero-order valence-corrected chi connectivity index (χ0v) is 12.1. The topological polar surface area (TPSA) is 46.9 Å². The number of hydrogen-bond acceptors (Lipinski definition) is 4. The van der Waals surface area contributed by atoms with E-state index < -0.39 is 0 Å². The van der Waals surface area contributed by atoms with Crippen molar-refractivity contribution in [2.75, 3.05) is 23.4 Å². The molecule has 6 heteroatoms. The molecule has 1 atom stereocenters. The molecule has 0 aromatic carbocycles. The lowest BCUT2D eigenvalue weighted by Crippen LogP contribution is -2.25. The fourth-order valence-electron chi connectivity index (χ4n) is 1.96. The first-order valence-corrected chi connectivity index (χ1v) is 7.83. The Morgan fingerprint density at radius 3 is 3.17 bits per heavy atom. The summed E-state index contributed by atoms with van der Waals surface area (Å²) >= 11 is 8.06. The second kappa shape index (κ2) is 6.48. The van der Waals surface area contributed by atoms with Crippen LogP contribution in [0.5, 0.6) is 0 Å². The van der Waals surface area contributed by atoms with Crippen molar-refractivity contribution in [2.24, 2.45) is 5.92 Å². The minimum Gasteiger partial charge on any atom is -0.382 e. The number of nitrogens with one attached hydrogen (secondary N) is 1. The van der Waals surface area contributed by atoms with Crippen molar-refractivity contribution in [3.63, 3.8) is 0 Å². The lowest BCUT2D eigenvalue weighted by atomic mass is 10.1. The SMILES string of the molecule is CCCn1ncc(NCC2CCSC2)c(Cl)c1=O. The van der Waals surface area contributed by atoms with Gasteiger partial charge in [0.15, 0.2) is 0 Å². The third-order valence-electron chi connectivity index (χ3n) is 3.03. The van der Waals surface area contributed by atoms with Gasteiger partial charge >= 0.3 is 0 Å². The van der Waals surface area contributed by atoms with Crippen molar-refractivity contribution < 1.29 is 0 Å². The second-order valence-corrected chi connectivity index (χ2v) is 6.04. The summed E-state index contributed by atoms with van der Waals surface area (Å²) in [6, 6.07) is 0. The van der Waals surface area contributed by atoms with Crippen molar-refractivity contribution in [3.8, 4) is 0 Å². The van der Waals surface area contributed by atoms with Crippen molar-refractivity contribution >= 4 is 29.1 Å². The maximum Gasteiger partial charge on any atom is 0.287 e. The maximum atomic E-state index is 11.9. The van der Waals surface area contributed by atoms with E-state index in [0.717, 1.165) is 13.0 Å². The van der Waals surface area contributed by atoms with Crippen molar-refractivity contribution in [3.05, 3.63) is 21.6 Å². The minimum atomic E-state index is -0.204. The predicted octanol–water partition coefficient (Wildman–Crippen LogP) is 2.47. The Bertz CT molecular complexity index is 457. The summed E-state index contributed by atoms with van der Waals surface area (Å²) < 4.78 is 1.42. The van der Waals surface area contributed by atoms with Crippen LogP contribution in [0.3, 0.4) is 0 Å². The first-order chi connectivity index (χ1) is 8.72. The Labute approximate surface area is 116 Å². The molecule has 0 spiro atoms. The molecule has 1 unspecified atom stereocenters. The number of halogens is 1. The lowest BCUT2D eigenvalue weighted by Gasteiger charge is -2.12. The molecule has 1 aromatic rings. The van der Waals surface area contributed by atoms with Gasteiger partial charge in [0, 0.05) is 13.1 Å². The Hall–Kier alpha value is -0.680. The molecule has 0 amide bonds. The largest absolute Gasteiger partial charge is 0.382 e. The summed E-state index contributed by atoms with van der Waals surface area (Å²) in [5.74, 6) is 3.09. The number of rotatable bonds is 5. The van der Waals surface area contributed by atoms with E-state index in [1.807, 2.05) is 18.7 Å². The highest BCUT2D eigenvalue weighted by atomic mass is 35.5. The zero-order chi connectivity index (χ0) is 13.0. The molecular formula is C12H18ClN3OS. The number of nitrogens with zero attached hydrogens (tertiary/aromatic N) is 2. The van der Waals surface area contributed by atoms with E-state index in [1.165, 1.54) is 22.6 Å². The average Bonchev–Trinajstić information content (AvgIpc) is 2.87. The van der Waals surface area contributed by atoms with Crippen LogP contribution >= 0.6 is 23.4 Å².